The van der Waals surface area contributed by atoms with Crippen LogP contribution in [0.1, 0.15) is 21.5 Å². The molecule has 176 valence electrons. The maximum absolute atomic E-state index is 12.8. The van der Waals surface area contributed by atoms with Crippen molar-refractivity contribution in [3.63, 3.8) is 0 Å². The first-order valence-electron chi connectivity index (χ1n) is 10.3. The van der Waals surface area contributed by atoms with E-state index in [1.165, 1.54) is 13.2 Å². The van der Waals surface area contributed by atoms with Crippen LogP contribution in [-0.2, 0) is 25.8 Å². The van der Waals surface area contributed by atoms with Crippen LogP contribution in [0.5, 0.6) is 0 Å². The maximum atomic E-state index is 12.8. The second-order valence-electron chi connectivity index (χ2n) is 7.71. The van der Waals surface area contributed by atoms with Crippen molar-refractivity contribution in [3.05, 3.63) is 89.5 Å². The van der Waals surface area contributed by atoms with Gasteiger partial charge < -0.3 is 15.8 Å². The number of rotatable bonds is 8. The number of sulfone groups is 1. The molecule has 4 N–H and O–H groups in total. The van der Waals surface area contributed by atoms with Gasteiger partial charge in [0.15, 0.2) is 9.84 Å². The Labute approximate surface area is 198 Å². The summed E-state index contributed by atoms with van der Waals surface area (Å²) in [6, 6.07) is 19.0. The molecular formula is C25H25N3O5S. The Bertz CT molecular complexity index is 1330. The highest BCUT2D eigenvalue weighted by Gasteiger charge is 2.23. The first-order chi connectivity index (χ1) is 16.1. The third-order valence-corrected chi connectivity index (χ3v) is 6.37. The largest absolute Gasteiger partial charge is 0.467 e. The first kappa shape index (κ1) is 24.7. The van der Waals surface area contributed by atoms with Crippen LogP contribution in [0, 0.1) is 5.41 Å². The summed E-state index contributed by atoms with van der Waals surface area (Å²) in [5, 5.41) is 10.3. The highest BCUT2D eigenvalue weighted by molar-refractivity contribution is 7.90. The van der Waals surface area contributed by atoms with Gasteiger partial charge in [-0.1, -0.05) is 48.5 Å². The predicted molar refractivity (Wildman–Crippen MR) is 129 cm³/mol. The maximum Gasteiger partial charge on any atom is 0.328 e. The number of benzene rings is 3. The van der Waals surface area contributed by atoms with Gasteiger partial charge in [0, 0.05) is 29.4 Å². The van der Waals surface area contributed by atoms with Crippen LogP contribution in [0.3, 0.4) is 0 Å². The number of methoxy groups -OCH3 is 1. The number of amides is 1. The molecule has 0 fully saturated rings. The minimum Gasteiger partial charge on any atom is -0.467 e. The standard InChI is InChI=1S/C25H25N3O5S/c1-33-25(30)21(15-16-6-5-7-19(14-16)23(26)27)28-24(29)18-12-10-17(11-13-18)20-8-3-4-9-22(20)34(2,31)32/h3-14,21H,15H2,1-2H3,(H3,26,27)(H,28,29)/t21-/m0/s1. The first-order valence-corrected chi connectivity index (χ1v) is 12.2. The average molecular weight is 480 g/mol. The summed E-state index contributed by atoms with van der Waals surface area (Å²) in [5.74, 6) is -1.20. The second kappa shape index (κ2) is 10.3. The Morgan fingerprint density at radius 1 is 1.00 bits per heavy atom. The van der Waals surface area contributed by atoms with Gasteiger partial charge in [0.2, 0.25) is 0 Å². The molecule has 0 aliphatic carbocycles. The number of ether oxygens (including phenoxy) is 1. The highest BCUT2D eigenvalue weighted by Crippen LogP contribution is 2.27. The molecule has 0 radical (unpaired) electrons. The zero-order chi connectivity index (χ0) is 24.9. The number of nitrogen functional groups attached to an aromatic ring is 1. The van der Waals surface area contributed by atoms with Crippen LogP contribution < -0.4 is 11.1 Å². The van der Waals surface area contributed by atoms with Gasteiger partial charge in [0.1, 0.15) is 11.9 Å². The highest BCUT2D eigenvalue weighted by atomic mass is 32.2. The van der Waals surface area contributed by atoms with Crippen molar-refractivity contribution in [1.29, 1.82) is 5.41 Å². The lowest BCUT2D eigenvalue weighted by atomic mass is 10.0. The minimum absolute atomic E-state index is 0.0990. The minimum atomic E-state index is -3.43. The number of nitrogens with two attached hydrogens (primary N) is 1. The molecule has 1 atom stereocenters. The summed E-state index contributed by atoms with van der Waals surface area (Å²) in [4.78, 5) is 25.4. The lowest BCUT2D eigenvalue weighted by Gasteiger charge is -2.17. The molecule has 0 aliphatic rings. The molecule has 1 amide bonds. The SMILES string of the molecule is COC(=O)[C@H](Cc1cccc(C(=N)N)c1)NC(=O)c1ccc(-c2ccccc2S(C)(=O)=O)cc1. The zero-order valence-electron chi connectivity index (χ0n) is 18.7. The molecule has 9 heteroatoms. The van der Waals surface area contributed by atoms with Gasteiger partial charge >= 0.3 is 5.97 Å². The summed E-state index contributed by atoms with van der Waals surface area (Å²) < 4.78 is 29.0. The van der Waals surface area contributed by atoms with Crippen molar-refractivity contribution in [2.45, 2.75) is 17.4 Å². The monoisotopic (exact) mass is 479 g/mol. The Morgan fingerprint density at radius 2 is 1.68 bits per heavy atom. The number of carbonyl (C=O) groups is 2. The summed E-state index contributed by atoms with van der Waals surface area (Å²) >= 11 is 0. The molecule has 0 saturated heterocycles. The predicted octanol–water partition coefficient (Wildman–Crippen LogP) is 2.56. The normalized spacial score (nSPS) is 11.9. The number of carbonyl (C=O) groups excluding carboxylic acids is 2. The smallest absolute Gasteiger partial charge is 0.328 e. The molecule has 3 aromatic rings. The van der Waals surface area contributed by atoms with Crippen molar-refractivity contribution in [3.8, 4) is 11.1 Å². The third-order valence-electron chi connectivity index (χ3n) is 5.21. The molecule has 0 saturated carbocycles. The average Bonchev–Trinajstić information content (AvgIpc) is 2.82. The number of esters is 1. The van der Waals surface area contributed by atoms with E-state index in [9.17, 15) is 18.0 Å². The quantitative estimate of drug-likeness (QED) is 0.258. The lowest BCUT2D eigenvalue weighted by molar-refractivity contribution is -0.142. The molecule has 0 aliphatic heterocycles. The number of nitrogens with one attached hydrogen (secondary N) is 2. The van der Waals surface area contributed by atoms with Gasteiger partial charge in [-0.2, -0.15) is 0 Å². The fourth-order valence-corrected chi connectivity index (χ4v) is 4.42. The Balaban J connectivity index is 1.81. The van der Waals surface area contributed by atoms with Crippen molar-refractivity contribution in [1.82, 2.24) is 5.32 Å². The summed E-state index contributed by atoms with van der Waals surface area (Å²) in [5.41, 5.74) is 8.22. The van der Waals surface area contributed by atoms with E-state index in [1.54, 1.807) is 66.7 Å². The van der Waals surface area contributed by atoms with E-state index in [2.05, 4.69) is 5.32 Å². The number of amidine groups is 1. The molecular weight excluding hydrogens is 454 g/mol. The van der Waals surface area contributed by atoms with E-state index in [0.29, 0.717) is 27.8 Å². The van der Waals surface area contributed by atoms with Crippen LogP contribution in [-0.4, -0.2) is 45.5 Å². The molecule has 0 unspecified atom stereocenters. The fourth-order valence-electron chi connectivity index (χ4n) is 3.51. The number of hydrogen-bond donors (Lipinski definition) is 3. The van der Waals surface area contributed by atoms with E-state index < -0.39 is 27.8 Å². The van der Waals surface area contributed by atoms with Gasteiger partial charge in [-0.15, -0.1) is 0 Å². The molecule has 0 spiro atoms. The number of hydrogen-bond acceptors (Lipinski definition) is 6. The molecule has 3 rings (SSSR count). The van der Waals surface area contributed by atoms with Crippen LogP contribution in [0.15, 0.2) is 77.7 Å². The van der Waals surface area contributed by atoms with Crippen LogP contribution in [0.25, 0.3) is 11.1 Å². The van der Waals surface area contributed by atoms with Crippen LogP contribution >= 0.6 is 0 Å². The van der Waals surface area contributed by atoms with Gasteiger partial charge in [0.05, 0.1) is 12.0 Å². The van der Waals surface area contributed by atoms with Crippen molar-refractivity contribution in [2.24, 2.45) is 5.73 Å². The topological polar surface area (TPSA) is 139 Å². The van der Waals surface area contributed by atoms with Crippen molar-refractivity contribution in [2.75, 3.05) is 13.4 Å². The Hall–Kier alpha value is -3.98. The molecule has 0 aromatic heterocycles. The lowest BCUT2D eigenvalue weighted by Crippen LogP contribution is -2.43. The van der Waals surface area contributed by atoms with E-state index in [0.717, 1.165) is 6.26 Å². The third kappa shape index (κ3) is 5.87. The molecule has 0 heterocycles. The van der Waals surface area contributed by atoms with E-state index >= 15 is 0 Å². The molecule has 3 aromatic carbocycles. The van der Waals surface area contributed by atoms with E-state index in [1.807, 2.05) is 0 Å². The fraction of sp³-hybridized carbons (Fsp3) is 0.160. The summed E-state index contributed by atoms with van der Waals surface area (Å²) in [6.45, 7) is 0. The Morgan fingerprint density at radius 3 is 2.29 bits per heavy atom. The van der Waals surface area contributed by atoms with Crippen LogP contribution in [0.2, 0.25) is 0 Å². The molecule has 0 bridgehead atoms. The van der Waals surface area contributed by atoms with Crippen molar-refractivity contribution < 1.29 is 22.7 Å². The molecule has 8 nitrogen and oxygen atoms in total. The molecule has 34 heavy (non-hydrogen) atoms. The summed E-state index contributed by atoms with van der Waals surface area (Å²) in [7, 11) is -2.19. The second-order valence-corrected chi connectivity index (χ2v) is 9.70. The van der Waals surface area contributed by atoms with Gasteiger partial charge in [0.25, 0.3) is 5.91 Å². The summed E-state index contributed by atoms with van der Waals surface area (Å²) in [6.07, 6.45) is 1.30. The zero-order valence-corrected chi connectivity index (χ0v) is 19.6. The van der Waals surface area contributed by atoms with Crippen LogP contribution in [0.4, 0.5) is 0 Å². The van der Waals surface area contributed by atoms with Gasteiger partial charge in [-0.05, 0) is 35.4 Å². The Kier molecular flexibility index (Phi) is 7.47. The van der Waals surface area contributed by atoms with E-state index in [4.69, 9.17) is 15.9 Å². The van der Waals surface area contributed by atoms with Crippen molar-refractivity contribution >= 4 is 27.5 Å². The van der Waals surface area contributed by atoms with Gasteiger partial charge in [-0.25, -0.2) is 13.2 Å². The van der Waals surface area contributed by atoms with Gasteiger partial charge in [-0.3, -0.25) is 10.2 Å². The van der Waals surface area contributed by atoms with E-state index in [-0.39, 0.29) is 17.2 Å².